The van der Waals surface area contributed by atoms with Crippen molar-refractivity contribution in [2.45, 2.75) is 65.5 Å². The van der Waals surface area contributed by atoms with Crippen molar-refractivity contribution in [3.05, 3.63) is 34.4 Å². The van der Waals surface area contributed by atoms with Crippen LogP contribution in [0, 0.1) is 0 Å². The normalized spacial score (nSPS) is 14.2. The number of likely N-dealkylation sites (N-methyl/N-ethyl adjacent to an activating group) is 2. The van der Waals surface area contributed by atoms with Crippen LogP contribution in [0.15, 0.2) is 22.3 Å². The van der Waals surface area contributed by atoms with Gasteiger partial charge >= 0.3 is 0 Å². The molecule has 0 radical (unpaired) electrons. The number of nitrogens with one attached hydrogen (secondary N) is 2. The highest BCUT2D eigenvalue weighted by Crippen LogP contribution is 2.46. The second-order valence-electron chi connectivity index (χ2n) is 11.8. The molecule has 2 aromatic carbocycles. The van der Waals surface area contributed by atoms with Crippen molar-refractivity contribution in [3.8, 4) is 34.5 Å². The van der Waals surface area contributed by atoms with E-state index in [4.69, 9.17) is 52.9 Å². The molecule has 0 bridgehead atoms. The molecule has 0 amide bonds. The van der Waals surface area contributed by atoms with Crippen molar-refractivity contribution in [1.29, 1.82) is 0 Å². The Morgan fingerprint density at radius 3 is 1.52 bits per heavy atom. The Morgan fingerprint density at radius 2 is 1.17 bits per heavy atom. The minimum Gasteiger partial charge on any atom is -0.492 e. The number of thiocarbonyl (C=S) groups is 2. The van der Waals surface area contributed by atoms with Crippen molar-refractivity contribution in [1.82, 2.24) is 20.4 Å². The van der Waals surface area contributed by atoms with Crippen LogP contribution in [0.25, 0.3) is 0 Å². The Kier molecular flexibility index (Phi) is 13.3. The lowest BCUT2D eigenvalue weighted by molar-refractivity contribution is 0.171. The fraction of sp³-hybridized carbons (Fsp3) is 0.529. The van der Waals surface area contributed by atoms with E-state index in [0.29, 0.717) is 82.7 Å². The zero-order valence-corrected chi connectivity index (χ0v) is 30.8. The second-order valence-corrected chi connectivity index (χ2v) is 12.6. The van der Waals surface area contributed by atoms with Crippen LogP contribution in [-0.2, 0) is 12.8 Å². The van der Waals surface area contributed by atoms with Gasteiger partial charge in [-0.3, -0.25) is 0 Å². The lowest BCUT2D eigenvalue weighted by Crippen LogP contribution is -2.42. The summed E-state index contributed by atoms with van der Waals surface area (Å²) in [5, 5.41) is 17.1. The van der Waals surface area contributed by atoms with Gasteiger partial charge in [0.2, 0.25) is 25.1 Å². The molecule has 14 heteroatoms. The summed E-state index contributed by atoms with van der Waals surface area (Å²) < 4.78 is 34.5. The highest BCUT2D eigenvalue weighted by Gasteiger charge is 2.26. The molecule has 0 aliphatic carbocycles. The molecule has 2 heterocycles. The number of nitrogens with zero attached hydrogens (tertiary/aromatic N) is 4. The minimum absolute atomic E-state index is 0.118. The molecular formula is C34H48N6O6S2. The van der Waals surface area contributed by atoms with Crippen molar-refractivity contribution in [2.24, 2.45) is 10.2 Å². The maximum atomic E-state index is 5.81. The fourth-order valence-corrected chi connectivity index (χ4v) is 5.65. The number of hydrogen-bond acceptors (Lipinski definition) is 10. The predicted molar refractivity (Wildman–Crippen MR) is 197 cm³/mol. The molecule has 2 aliphatic heterocycles. The van der Waals surface area contributed by atoms with Gasteiger partial charge in [0, 0.05) is 50.4 Å². The summed E-state index contributed by atoms with van der Waals surface area (Å²) in [5.41, 5.74) is 3.41. The number of benzene rings is 2. The number of hydrogen-bond donors (Lipinski definition) is 2. The quantitative estimate of drug-likeness (QED) is 0.150. The van der Waals surface area contributed by atoms with Gasteiger partial charge in [0.25, 0.3) is 0 Å². The van der Waals surface area contributed by atoms with Crippen LogP contribution in [-0.4, -0.2) is 99.5 Å². The maximum absolute atomic E-state index is 5.81. The molecule has 12 nitrogen and oxygen atoms in total. The van der Waals surface area contributed by atoms with E-state index in [2.05, 4.69) is 48.5 Å². The van der Waals surface area contributed by atoms with Gasteiger partial charge in [-0.15, -0.1) is 0 Å². The maximum Gasteiger partial charge on any atom is 0.231 e. The molecule has 2 aliphatic rings. The third-order valence-corrected chi connectivity index (χ3v) is 9.29. The molecule has 262 valence electrons. The standard InChI is InChI=1S/C34H48N6O6S2/c1-9-21(3)37-33(47)39(5)13-11-23-15-27-31(45-19-43-27)29(41-7)25(23)17-35-36-18-26-24(12-14-40(6)34(48)38-22(4)10-2)16-28-32(30(26)42-8)46-20-44-28/h15-18,21-22H,9-14,19-20H2,1-8H3,(H,37,47)(H,38,48)/b35-17+,36-18+. The molecule has 0 spiro atoms. The van der Waals surface area contributed by atoms with Crippen molar-refractivity contribution < 1.29 is 28.4 Å². The first-order valence-electron chi connectivity index (χ1n) is 16.2. The summed E-state index contributed by atoms with van der Waals surface area (Å²) in [6.07, 6.45) is 6.61. The Balaban J connectivity index is 1.60. The average molecular weight is 701 g/mol. The fourth-order valence-electron chi connectivity index (χ4n) is 5.06. The monoisotopic (exact) mass is 700 g/mol. The van der Waals surface area contributed by atoms with E-state index in [0.717, 1.165) is 35.1 Å². The summed E-state index contributed by atoms with van der Waals surface area (Å²) in [5.74, 6) is 3.41. The topological polar surface area (TPSA) is 111 Å². The van der Waals surface area contributed by atoms with E-state index in [1.807, 2.05) is 36.0 Å². The first-order chi connectivity index (χ1) is 23.1. The molecule has 0 aromatic heterocycles. The van der Waals surface area contributed by atoms with Crippen LogP contribution >= 0.6 is 24.4 Å². The van der Waals surface area contributed by atoms with E-state index >= 15 is 0 Å². The van der Waals surface area contributed by atoms with Gasteiger partial charge in [-0.05, 0) is 87.2 Å². The number of methoxy groups -OCH3 is 2. The van der Waals surface area contributed by atoms with Crippen molar-refractivity contribution in [2.75, 3.05) is 55.0 Å². The molecule has 2 atom stereocenters. The lowest BCUT2D eigenvalue weighted by atomic mass is 10.0. The molecular weight excluding hydrogens is 653 g/mol. The zero-order valence-electron chi connectivity index (χ0n) is 29.2. The Hall–Kier alpha value is -4.04. The van der Waals surface area contributed by atoms with Gasteiger partial charge < -0.3 is 48.9 Å². The number of fused-ring (bicyclic) bond motifs is 2. The summed E-state index contributed by atoms with van der Waals surface area (Å²) >= 11 is 11.2. The van der Waals surface area contributed by atoms with Gasteiger partial charge in [-0.1, -0.05) is 13.8 Å². The SMILES string of the molecule is CCC(C)NC(=S)N(C)CCc1cc2c(c(OC)c1/C=N/N=C/c1c(CCN(C)C(=S)NC(C)CC)cc3c(c1OC)OCO3)OCO2. The summed E-state index contributed by atoms with van der Waals surface area (Å²) in [7, 11) is 7.15. The second kappa shape index (κ2) is 17.4. The van der Waals surface area contributed by atoms with Crippen LogP contribution in [0.2, 0.25) is 0 Å². The minimum atomic E-state index is 0.118. The average Bonchev–Trinajstić information content (AvgIpc) is 3.76. The van der Waals surface area contributed by atoms with E-state index in [9.17, 15) is 0 Å². The van der Waals surface area contributed by atoms with Crippen LogP contribution in [0.1, 0.15) is 62.8 Å². The van der Waals surface area contributed by atoms with E-state index in [1.165, 1.54) is 0 Å². The summed E-state index contributed by atoms with van der Waals surface area (Å²) in [4.78, 5) is 4.05. The largest absolute Gasteiger partial charge is 0.492 e. The van der Waals surface area contributed by atoms with Crippen LogP contribution in [0.4, 0.5) is 0 Å². The third-order valence-electron chi connectivity index (χ3n) is 8.43. The molecule has 0 saturated carbocycles. The van der Waals surface area contributed by atoms with E-state index in [1.54, 1.807) is 26.6 Å². The highest BCUT2D eigenvalue weighted by atomic mass is 32.1. The van der Waals surface area contributed by atoms with Gasteiger partial charge in [0.1, 0.15) is 0 Å². The first-order valence-corrected chi connectivity index (χ1v) is 17.0. The third kappa shape index (κ3) is 8.90. The number of ether oxygens (including phenoxy) is 6. The summed E-state index contributed by atoms with van der Waals surface area (Å²) in [6.45, 7) is 10.0. The van der Waals surface area contributed by atoms with E-state index in [-0.39, 0.29) is 13.6 Å². The molecule has 2 N–H and O–H groups in total. The van der Waals surface area contributed by atoms with Gasteiger partial charge in [0.05, 0.1) is 26.6 Å². The van der Waals surface area contributed by atoms with Crippen LogP contribution < -0.4 is 39.1 Å². The Bertz CT molecular complexity index is 1410. The van der Waals surface area contributed by atoms with Gasteiger partial charge in [0.15, 0.2) is 33.2 Å². The number of rotatable bonds is 15. The predicted octanol–water partition coefficient (Wildman–Crippen LogP) is 4.91. The Labute approximate surface area is 294 Å². The smallest absolute Gasteiger partial charge is 0.231 e. The van der Waals surface area contributed by atoms with Crippen LogP contribution in [0.3, 0.4) is 0 Å². The van der Waals surface area contributed by atoms with Crippen molar-refractivity contribution >= 4 is 47.1 Å². The first kappa shape index (κ1) is 36.8. The highest BCUT2D eigenvalue weighted by molar-refractivity contribution is 7.80. The summed E-state index contributed by atoms with van der Waals surface area (Å²) in [6, 6.07) is 4.51. The molecule has 2 unspecified atom stereocenters. The lowest BCUT2D eigenvalue weighted by Gasteiger charge is -2.24. The van der Waals surface area contributed by atoms with Crippen molar-refractivity contribution in [3.63, 3.8) is 0 Å². The molecule has 4 rings (SSSR count). The van der Waals surface area contributed by atoms with Crippen LogP contribution in [0.5, 0.6) is 34.5 Å². The molecule has 0 fully saturated rings. The van der Waals surface area contributed by atoms with Gasteiger partial charge in [-0.2, -0.15) is 10.2 Å². The van der Waals surface area contributed by atoms with E-state index < -0.39 is 0 Å². The molecule has 0 saturated heterocycles. The van der Waals surface area contributed by atoms with Gasteiger partial charge in [-0.25, -0.2) is 0 Å². The Morgan fingerprint density at radius 1 is 0.771 bits per heavy atom. The zero-order chi connectivity index (χ0) is 34.8. The molecule has 2 aromatic rings. The molecule has 48 heavy (non-hydrogen) atoms.